The molecular formula is C21H19F4N5O2. The number of alkyl halides is 3. The predicted molar refractivity (Wildman–Crippen MR) is 106 cm³/mol. The van der Waals surface area contributed by atoms with E-state index in [1.54, 1.807) is 11.8 Å². The highest BCUT2D eigenvalue weighted by Crippen LogP contribution is 2.29. The number of halogens is 4. The summed E-state index contributed by atoms with van der Waals surface area (Å²) in [6, 6.07) is 5.75. The summed E-state index contributed by atoms with van der Waals surface area (Å²) in [5.41, 5.74) is -0.401. The number of nitrogens with one attached hydrogen (secondary N) is 1. The highest BCUT2D eigenvalue weighted by atomic mass is 19.4. The molecule has 1 aliphatic rings. The van der Waals surface area contributed by atoms with Gasteiger partial charge < -0.3 is 14.7 Å². The Morgan fingerprint density at radius 1 is 1.25 bits per heavy atom. The van der Waals surface area contributed by atoms with Crippen LogP contribution in [0.4, 0.5) is 23.4 Å². The summed E-state index contributed by atoms with van der Waals surface area (Å²) in [4.78, 5) is 22.7. The second kappa shape index (κ2) is 8.56. The summed E-state index contributed by atoms with van der Waals surface area (Å²) in [6.45, 7) is 2.41. The number of anilines is 1. The second-order valence-corrected chi connectivity index (χ2v) is 7.50. The van der Waals surface area contributed by atoms with Crippen LogP contribution in [0.15, 0.2) is 41.1 Å². The Morgan fingerprint density at radius 2 is 2.06 bits per heavy atom. The SMILES string of the molecule is Cc1noc(-c2cc(F)ccc2C(=O)N2CCCC(Nc3ccc(C(F)(F)F)cn3)C2)n1. The molecule has 0 aliphatic carbocycles. The van der Waals surface area contributed by atoms with Crippen molar-refractivity contribution in [2.75, 3.05) is 18.4 Å². The van der Waals surface area contributed by atoms with Crippen molar-refractivity contribution >= 4 is 11.7 Å². The van der Waals surface area contributed by atoms with E-state index in [1.807, 2.05) is 0 Å². The number of nitrogens with zero attached hydrogens (tertiary/aromatic N) is 4. The first-order valence-corrected chi connectivity index (χ1v) is 9.90. The van der Waals surface area contributed by atoms with Gasteiger partial charge in [-0.2, -0.15) is 18.2 Å². The van der Waals surface area contributed by atoms with Crippen molar-refractivity contribution in [3.05, 3.63) is 59.3 Å². The molecule has 0 radical (unpaired) electrons. The molecule has 1 saturated heterocycles. The van der Waals surface area contributed by atoms with Crippen LogP contribution < -0.4 is 5.32 Å². The number of piperidine rings is 1. The van der Waals surface area contributed by atoms with Crippen molar-refractivity contribution in [2.45, 2.75) is 32.0 Å². The molecule has 0 saturated carbocycles. The number of hydrogen-bond donors (Lipinski definition) is 1. The number of aryl methyl sites for hydroxylation is 1. The Balaban J connectivity index is 1.50. The van der Waals surface area contributed by atoms with Crippen LogP contribution >= 0.6 is 0 Å². The van der Waals surface area contributed by atoms with Gasteiger partial charge in [0.15, 0.2) is 5.82 Å². The maximum atomic E-state index is 13.8. The molecule has 4 rings (SSSR count). The van der Waals surface area contributed by atoms with E-state index >= 15 is 0 Å². The molecule has 1 aromatic carbocycles. The van der Waals surface area contributed by atoms with Gasteiger partial charge in [0.1, 0.15) is 11.6 Å². The van der Waals surface area contributed by atoms with Crippen LogP contribution in [0.3, 0.4) is 0 Å². The fraction of sp³-hybridized carbons (Fsp3) is 0.333. The van der Waals surface area contributed by atoms with E-state index in [2.05, 4.69) is 20.4 Å². The zero-order valence-electron chi connectivity index (χ0n) is 17.0. The molecule has 7 nitrogen and oxygen atoms in total. The third-order valence-electron chi connectivity index (χ3n) is 5.12. The monoisotopic (exact) mass is 449 g/mol. The van der Waals surface area contributed by atoms with Crippen molar-refractivity contribution in [1.82, 2.24) is 20.0 Å². The van der Waals surface area contributed by atoms with Crippen LogP contribution in [-0.4, -0.2) is 45.1 Å². The summed E-state index contributed by atoms with van der Waals surface area (Å²) in [5.74, 6) is -0.178. The van der Waals surface area contributed by atoms with Crippen LogP contribution in [0.2, 0.25) is 0 Å². The van der Waals surface area contributed by atoms with Crippen molar-refractivity contribution < 1.29 is 26.9 Å². The molecule has 3 heterocycles. The molecule has 168 valence electrons. The number of likely N-dealkylation sites (tertiary alicyclic amines) is 1. The van der Waals surface area contributed by atoms with E-state index in [0.717, 1.165) is 12.3 Å². The largest absolute Gasteiger partial charge is 0.417 e. The lowest BCUT2D eigenvalue weighted by molar-refractivity contribution is -0.137. The Bertz CT molecular complexity index is 1110. The Hall–Kier alpha value is -3.50. The van der Waals surface area contributed by atoms with Crippen LogP contribution in [0, 0.1) is 12.7 Å². The number of benzene rings is 1. The number of pyridine rings is 1. The van der Waals surface area contributed by atoms with Crippen molar-refractivity contribution in [3.8, 4) is 11.5 Å². The zero-order chi connectivity index (χ0) is 22.9. The number of hydrogen-bond acceptors (Lipinski definition) is 6. The minimum absolute atomic E-state index is 0.0472. The molecule has 1 amide bonds. The molecule has 0 spiro atoms. The summed E-state index contributed by atoms with van der Waals surface area (Å²) in [6.07, 6.45) is -2.29. The first-order chi connectivity index (χ1) is 15.2. The van der Waals surface area contributed by atoms with Gasteiger partial charge in [0, 0.05) is 25.3 Å². The topological polar surface area (TPSA) is 84.2 Å². The van der Waals surface area contributed by atoms with Gasteiger partial charge >= 0.3 is 6.18 Å². The van der Waals surface area contributed by atoms with Gasteiger partial charge in [0.2, 0.25) is 0 Å². The number of carbonyl (C=O) groups excluding carboxylic acids is 1. The number of carbonyl (C=O) groups is 1. The Kier molecular flexibility index (Phi) is 5.81. The summed E-state index contributed by atoms with van der Waals surface area (Å²) in [5, 5.41) is 6.78. The van der Waals surface area contributed by atoms with E-state index in [4.69, 9.17) is 4.52 Å². The lowest BCUT2D eigenvalue weighted by atomic mass is 10.0. The standard InChI is InChI=1S/C21H19F4N5O2/c1-12-27-19(32-29-12)17-9-14(22)5-6-16(17)20(31)30-8-2-3-15(11-30)28-18-7-4-13(10-26-18)21(23,24)25/h4-7,9-10,15H,2-3,8,11H2,1H3,(H,26,28). The van der Waals surface area contributed by atoms with Gasteiger partial charge in [-0.05, 0) is 50.1 Å². The van der Waals surface area contributed by atoms with Gasteiger partial charge in [0.05, 0.1) is 16.7 Å². The van der Waals surface area contributed by atoms with E-state index < -0.39 is 17.6 Å². The Labute approximate surface area is 180 Å². The fourth-order valence-electron chi connectivity index (χ4n) is 3.59. The third-order valence-corrected chi connectivity index (χ3v) is 5.12. The van der Waals surface area contributed by atoms with Gasteiger partial charge in [-0.3, -0.25) is 4.79 Å². The molecular weight excluding hydrogens is 430 g/mol. The second-order valence-electron chi connectivity index (χ2n) is 7.50. The highest BCUT2D eigenvalue weighted by Gasteiger charge is 2.31. The third kappa shape index (κ3) is 4.71. The van der Waals surface area contributed by atoms with Crippen LogP contribution in [-0.2, 0) is 6.18 Å². The van der Waals surface area contributed by atoms with Crippen LogP contribution in [0.1, 0.15) is 34.6 Å². The van der Waals surface area contributed by atoms with E-state index in [-0.39, 0.29) is 29.0 Å². The molecule has 3 aromatic rings. The first kappa shape index (κ1) is 21.7. The fourth-order valence-corrected chi connectivity index (χ4v) is 3.59. The lowest BCUT2D eigenvalue weighted by Crippen LogP contribution is -2.45. The first-order valence-electron chi connectivity index (χ1n) is 9.90. The summed E-state index contributed by atoms with van der Waals surface area (Å²) in [7, 11) is 0. The van der Waals surface area contributed by atoms with Crippen molar-refractivity contribution in [3.63, 3.8) is 0 Å². The highest BCUT2D eigenvalue weighted by molar-refractivity contribution is 6.00. The van der Waals surface area contributed by atoms with Gasteiger partial charge in [-0.1, -0.05) is 5.16 Å². The summed E-state index contributed by atoms with van der Waals surface area (Å²) >= 11 is 0. The normalized spacial score (nSPS) is 16.8. The zero-order valence-corrected chi connectivity index (χ0v) is 17.0. The maximum absolute atomic E-state index is 13.8. The molecule has 1 atom stereocenters. The molecule has 1 aliphatic heterocycles. The van der Waals surface area contributed by atoms with Gasteiger partial charge in [0.25, 0.3) is 11.8 Å². The molecule has 2 aromatic heterocycles. The Morgan fingerprint density at radius 3 is 2.72 bits per heavy atom. The minimum Gasteiger partial charge on any atom is -0.366 e. The molecule has 1 unspecified atom stereocenters. The quantitative estimate of drug-likeness (QED) is 0.598. The molecule has 11 heteroatoms. The van der Waals surface area contributed by atoms with E-state index in [0.29, 0.717) is 37.6 Å². The van der Waals surface area contributed by atoms with Gasteiger partial charge in [-0.25, -0.2) is 9.37 Å². The number of aromatic nitrogens is 3. The molecule has 1 N–H and O–H groups in total. The predicted octanol–water partition coefficient (Wildman–Crippen LogP) is 4.31. The molecule has 32 heavy (non-hydrogen) atoms. The van der Waals surface area contributed by atoms with Crippen molar-refractivity contribution in [2.24, 2.45) is 0 Å². The van der Waals surface area contributed by atoms with Crippen LogP contribution in [0.5, 0.6) is 0 Å². The lowest BCUT2D eigenvalue weighted by Gasteiger charge is -2.33. The molecule has 1 fully saturated rings. The van der Waals surface area contributed by atoms with Gasteiger partial charge in [-0.15, -0.1) is 0 Å². The average molecular weight is 449 g/mol. The summed E-state index contributed by atoms with van der Waals surface area (Å²) < 4.78 is 57.1. The number of rotatable bonds is 4. The van der Waals surface area contributed by atoms with Crippen molar-refractivity contribution in [1.29, 1.82) is 0 Å². The minimum atomic E-state index is -4.45. The molecule has 0 bridgehead atoms. The number of amides is 1. The van der Waals surface area contributed by atoms with Crippen LogP contribution in [0.25, 0.3) is 11.5 Å². The van der Waals surface area contributed by atoms with E-state index in [1.165, 1.54) is 24.3 Å². The average Bonchev–Trinajstić information content (AvgIpc) is 3.19. The maximum Gasteiger partial charge on any atom is 0.417 e. The van der Waals surface area contributed by atoms with E-state index in [9.17, 15) is 22.4 Å². The smallest absolute Gasteiger partial charge is 0.366 e.